The Labute approximate surface area is 115 Å². The Kier molecular flexibility index (Phi) is 2.77. The van der Waals surface area contributed by atoms with Gasteiger partial charge < -0.3 is 0 Å². The molecule has 0 amide bonds. The van der Waals surface area contributed by atoms with Crippen LogP contribution in [0.2, 0.25) is 10.0 Å². The lowest BCUT2D eigenvalue weighted by Gasteiger charge is -2.09. The first-order valence-electron chi connectivity index (χ1n) is 5.64. The van der Waals surface area contributed by atoms with Gasteiger partial charge in [0, 0.05) is 21.5 Å². The monoisotopic (exact) mass is 272 g/mol. The van der Waals surface area contributed by atoms with Crippen molar-refractivity contribution in [2.24, 2.45) is 0 Å². The maximum Gasteiger partial charge on any atom is 0.0564 e. The van der Waals surface area contributed by atoms with Gasteiger partial charge in [0.1, 0.15) is 0 Å². The highest BCUT2D eigenvalue weighted by atomic mass is 35.5. The quantitative estimate of drug-likeness (QED) is 0.481. The zero-order chi connectivity index (χ0) is 12.7. The van der Waals surface area contributed by atoms with Crippen LogP contribution in [-0.2, 0) is 0 Å². The van der Waals surface area contributed by atoms with Crippen LogP contribution in [-0.4, -0.2) is 0 Å². The predicted octanol–water partition coefficient (Wildman–Crippen LogP) is 5.94. The number of hydrogen-bond donors (Lipinski definition) is 0. The first-order valence-corrected chi connectivity index (χ1v) is 6.40. The fourth-order valence-electron chi connectivity index (χ4n) is 2.22. The molecule has 3 aromatic carbocycles. The van der Waals surface area contributed by atoms with E-state index in [1.165, 1.54) is 0 Å². The summed E-state index contributed by atoms with van der Waals surface area (Å²) in [5.41, 5.74) is 1.04. The Morgan fingerprint density at radius 2 is 1.33 bits per heavy atom. The first-order chi connectivity index (χ1) is 8.72. The van der Waals surface area contributed by atoms with Crippen molar-refractivity contribution in [2.75, 3.05) is 0 Å². The van der Waals surface area contributed by atoms with Crippen LogP contribution in [0, 0.1) is 0 Å². The molecule has 0 fully saturated rings. The summed E-state index contributed by atoms with van der Waals surface area (Å²) in [5, 5.41) is 5.42. The van der Waals surface area contributed by atoms with E-state index in [-0.39, 0.29) is 0 Å². The lowest BCUT2D eigenvalue weighted by molar-refractivity contribution is 1.72. The molecule has 0 bridgehead atoms. The maximum atomic E-state index is 6.48. The Bertz CT molecular complexity index is 773. The van der Waals surface area contributed by atoms with E-state index in [1.54, 1.807) is 6.08 Å². The minimum absolute atomic E-state index is 0.744. The molecule has 0 heterocycles. The van der Waals surface area contributed by atoms with E-state index in [4.69, 9.17) is 23.2 Å². The van der Waals surface area contributed by atoms with Crippen LogP contribution in [0.3, 0.4) is 0 Å². The van der Waals surface area contributed by atoms with Gasteiger partial charge in [0.05, 0.1) is 10.0 Å². The van der Waals surface area contributed by atoms with Crippen molar-refractivity contribution in [3.05, 3.63) is 64.7 Å². The van der Waals surface area contributed by atoms with E-state index in [0.717, 1.165) is 37.2 Å². The second-order valence-electron chi connectivity index (χ2n) is 4.18. The van der Waals surface area contributed by atoms with Crippen molar-refractivity contribution in [1.82, 2.24) is 0 Å². The zero-order valence-corrected chi connectivity index (χ0v) is 11.1. The van der Waals surface area contributed by atoms with Gasteiger partial charge in [-0.05, 0) is 11.6 Å². The predicted molar refractivity (Wildman–Crippen MR) is 81.6 cm³/mol. The molecular formula is C16H10Cl2. The van der Waals surface area contributed by atoms with E-state index >= 15 is 0 Å². The number of rotatable bonds is 1. The summed E-state index contributed by atoms with van der Waals surface area (Å²) in [7, 11) is 0. The fraction of sp³-hybridized carbons (Fsp3) is 0. The van der Waals surface area contributed by atoms with Crippen LogP contribution in [0.1, 0.15) is 5.56 Å². The smallest absolute Gasteiger partial charge is 0.0564 e. The van der Waals surface area contributed by atoms with E-state index in [9.17, 15) is 0 Å². The van der Waals surface area contributed by atoms with E-state index in [1.807, 2.05) is 42.5 Å². The molecule has 0 atom stereocenters. The molecule has 0 saturated heterocycles. The largest absolute Gasteiger partial charge is 0.0985 e. The lowest BCUT2D eigenvalue weighted by atomic mass is 10.0. The molecule has 3 rings (SSSR count). The topological polar surface area (TPSA) is 0 Å². The highest BCUT2D eigenvalue weighted by Gasteiger charge is 2.10. The minimum atomic E-state index is 0.744. The molecule has 88 valence electrons. The number of hydrogen-bond acceptors (Lipinski definition) is 0. The van der Waals surface area contributed by atoms with Crippen LogP contribution in [0.5, 0.6) is 0 Å². The van der Waals surface area contributed by atoms with Crippen LogP contribution < -0.4 is 0 Å². The molecule has 0 nitrogen and oxygen atoms in total. The van der Waals surface area contributed by atoms with Gasteiger partial charge in [-0.2, -0.15) is 0 Å². The molecule has 0 aromatic heterocycles. The molecule has 0 spiro atoms. The van der Waals surface area contributed by atoms with E-state index in [2.05, 4.69) is 6.58 Å². The second kappa shape index (κ2) is 4.31. The summed E-state index contributed by atoms with van der Waals surface area (Å²) < 4.78 is 0. The van der Waals surface area contributed by atoms with Crippen LogP contribution in [0.4, 0.5) is 0 Å². The van der Waals surface area contributed by atoms with Crippen LogP contribution in [0.15, 0.2) is 49.0 Å². The van der Waals surface area contributed by atoms with Crippen molar-refractivity contribution < 1.29 is 0 Å². The molecule has 2 heteroatoms. The third-order valence-electron chi connectivity index (χ3n) is 3.15. The third-order valence-corrected chi connectivity index (χ3v) is 3.97. The highest BCUT2D eigenvalue weighted by Crippen LogP contribution is 2.39. The van der Waals surface area contributed by atoms with Gasteiger partial charge >= 0.3 is 0 Å². The Balaban J connectivity index is 2.58. The molecule has 0 aliphatic carbocycles. The average Bonchev–Trinajstić information content (AvgIpc) is 2.44. The summed E-state index contributed by atoms with van der Waals surface area (Å²) in [6.07, 6.45) is 1.80. The molecule has 0 aliphatic rings. The van der Waals surface area contributed by atoms with Crippen LogP contribution in [0.25, 0.3) is 27.6 Å². The van der Waals surface area contributed by atoms with Crippen molar-refractivity contribution in [3.63, 3.8) is 0 Å². The van der Waals surface area contributed by atoms with Gasteiger partial charge in [-0.3, -0.25) is 0 Å². The molecule has 3 aromatic rings. The summed E-state index contributed by atoms with van der Waals surface area (Å²) >= 11 is 12.9. The van der Waals surface area contributed by atoms with Crippen molar-refractivity contribution >= 4 is 50.8 Å². The molecule has 0 radical (unpaired) electrons. The number of halogens is 2. The minimum Gasteiger partial charge on any atom is -0.0985 e. The van der Waals surface area contributed by atoms with Gasteiger partial charge in [-0.1, -0.05) is 72.3 Å². The molecular weight excluding hydrogens is 263 g/mol. The molecule has 0 aliphatic heterocycles. The SMILES string of the molecule is C=Cc1ccc2c(Cl)c3ccccc3c(Cl)c2c1. The van der Waals surface area contributed by atoms with E-state index < -0.39 is 0 Å². The van der Waals surface area contributed by atoms with Crippen molar-refractivity contribution in [1.29, 1.82) is 0 Å². The summed E-state index contributed by atoms with van der Waals surface area (Å²) in [5.74, 6) is 0. The zero-order valence-electron chi connectivity index (χ0n) is 9.58. The van der Waals surface area contributed by atoms with Gasteiger partial charge in [0.15, 0.2) is 0 Å². The normalized spacial score (nSPS) is 11.0. The Hall–Kier alpha value is -1.50. The summed E-state index contributed by atoms with van der Waals surface area (Å²) in [6, 6.07) is 13.9. The lowest BCUT2D eigenvalue weighted by Crippen LogP contribution is -1.83. The summed E-state index contributed by atoms with van der Waals surface area (Å²) in [6.45, 7) is 3.78. The van der Waals surface area contributed by atoms with Gasteiger partial charge in [-0.25, -0.2) is 0 Å². The van der Waals surface area contributed by atoms with Crippen LogP contribution >= 0.6 is 23.2 Å². The van der Waals surface area contributed by atoms with Crippen molar-refractivity contribution in [3.8, 4) is 0 Å². The van der Waals surface area contributed by atoms with E-state index in [0.29, 0.717) is 0 Å². The van der Waals surface area contributed by atoms with Gasteiger partial charge in [-0.15, -0.1) is 0 Å². The summed E-state index contributed by atoms with van der Waals surface area (Å²) in [4.78, 5) is 0. The second-order valence-corrected chi connectivity index (χ2v) is 4.94. The number of fused-ring (bicyclic) bond motifs is 2. The van der Waals surface area contributed by atoms with Crippen molar-refractivity contribution in [2.45, 2.75) is 0 Å². The maximum absolute atomic E-state index is 6.48. The average molecular weight is 273 g/mol. The molecule has 0 saturated carbocycles. The third kappa shape index (κ3) is 1.61. The molecule has 18 heavy (non-hydrogen) atoms. The first kappa shape index (κ1) is 11.6. The fourth-order valence-corrected chi connectivity index (χ4v) is 2.87. The number of benzene rings is 3. The van der Waals surface area contributed by atoms with Gasteiger partial charge in [0.2, 0.25) is 0 Å². The molecule has 0 N–H and O–H groups in total. The molecule has 0 unspecified atom stereocenters. The standard InChI is InChI=1S/C16H10Cl2/c1-2-10-7-8-13-14(9-10)16(18)12-6-4-3-5-11(12)15(13)17/h2-9H,1H2. The van der Waals surface area contributed by atoms with Gasteiger partial charge in [0.25, 0.3) is 0 Å². The highest BCUT2D eigenvalue weighted by molar-refractivity contribution is 6.47. The Morgan fingerprint density at radius 3 is 1.94 bits per heavy atom. The Morgan fingerprint density at radius 1 is 0.778 bits per heavy atom.